The number of aromatic nitrogens is 2. The van der Waals surface area contributed by atoms with E-state index in [9.17, 15) is 14.4 Å². The van der Waals surface area contributed by atoms with E-state index in [1.165, 1.54) is 24.5 Å². The molecule has 0 atom stereocenters. The van der Waals surface area contributed by atoms with Crippen LogP contribution in [0.3, 0.4) is 0 Å². The summed E-state index contributed by atoms with van der Waals surface area (Å²) in [5.74, 6) is -0.591. The number of aromatic amines is 1. The molecular formula is C18H21N3O4S2. The molecule has 2 N–H and O–H groups in total. The number of carbonyl (C=O) groups excluding carboxylic acids is 2. The second-order valence-corrected chi connectivity index (χ2v) is 8.21. The highest BCUT2D eigenvalue weighted by atomic mass is 32.2. The van der Waals surface area contributed by atoms with Crippen LogP contribution in [0.5, 0.6) is 0 Å². The molecule has 2 heterocycles. The summed E-state index contributed by atoms with van der Waals surface area (Å²) in [6.07, 6.45) is 4.51. The number of hydrogen-bond donors (Lipinski definition) is 2. The van der Waals surface area contributed by atoms with Gasteiger partial charge in [0.1, 0.15) is 5.00 Å². The van der Waals surface area contributed by atoms with Crippen LogP contribution in [0, 0.1) is 0 Å². The van der Waals surface area contributed by atoms with E-state index in [2.05, 4.69) is 15.3 Å². The summed E-state index contributed by atoms with van der Waals surface area (Å²) in [6, 6.07) is 1.45. The average Bonchev–Trinajstić information content (AvgIpc) is 3.03. The number of hydrogen-bond acceptors (Lipinski definition) is 7. The molecule has 2 aromatic heterocycles. The number of amides is 1. The van der Waals surface area contributed by atoms with E-state index < -0.39 is 5.97 Å². The van der Waals surface area contributed by atoms with E-state index in [-0.39, 0.29) is 17.2 Å². The Hall–Kier alpha value is -2.13. The fourth-order valence-corrected chi connectivity index (χ4v) is 4.99. The molecular weight excluding hydrogens is 386 g/mol. The summed E-state index contributed by atoms with van der Waals surface area (Å²) in [5.41, 5.74) is 1.93. The number of anilines is 1. The Morgan fingerprint density at radius 1 is 1.37 bits per heavy atom. The number of carbonyl (C=O) groups is 2. The molecule has 0 saturated carbocycles. The van der Waals surface area contributed by atoms with Gasteiger partial charge in [0.2, 0.25) is 5.91 Å². The van der Waals surface area contributed by atoms with Gasteiger partial charge in [0.15, 0.2) is 5.16 Å². The minimum absolute atomic E-state index is 0.0826. The van der Waals surface area contributed by atoms with Gasteiger partial charge in [0.05, 0.1) is 18.4 Å². The zero-order valence-electron chi connectivity index (χ0n) is 15.2. The zero-order valence-corrected chi connectivity index (χ0v) is 16.8. The average molecular weight is 408 g/mol. The SMILES string of the molecule is CCc1cc(=O)[nH]c(SCC(=O)Nc2sc3c(c2C(=O)OC)CCCC3)n1. The van der Waals surface area contributed by atoms with Crippen molar-refractivity contribution in [1.82, 2.24) is 9.97 Å². The smallest absolute Gasteiger partial charge is 0.341 e. The van der Waals surface area contributed by atoms with Gasteiger partial charge in [-0.1, -0.05) is 18.7 Å². The first-order valence-corrected chi connectivity index (χ1v) is 10.6. The van der Waals surface area contributed by atoms with E-state index >= 15 is 0 Å². The lowest BCUT2D eigenvalue weighted by Crippen LogP contribution is -2.17. The fourth-order valence-electron chi connectivity index (χ4n) is 3.00. The molecule has 0 saturated heterocycles. The monoisotopic (exact) mass is 407 g/mol. The number of H-pyrrole nitrogens is 1. The topological polar surface area (TPSA) is 101 Å². The predicted molar refractivity (Wildman–Crippen MR) is 106 cm³/mol. The summed E-state index contributed by atoms with van der Waals surface area (Å²) in [4.78, 5) is 44.3. The quantitative estimate of drug-likeness (QED) is 0.434. The Labute approximate surface area is 164 Å². The Kier molecular flexibility index (Phi) is 6.33. The molecule has 144 valence electrons. The molecule has 1 aliphatic carbocycles. The van der Waals surface area contributed by atoms with E-state index in [0.717, 1.165) is 47.9 Å². The molecule has 0 aromatic carbocycles. The lowest BCUT2D eigenvalue weighted by molar-refractivity contribution is -0.113. The fraction of sp³-hybridized carbons (Fsp3) is 0.444. The number of esters is 1. The van der Waals surface area contributed by atoms with Crippen molar-refractivity contribution in [1.29, 1.82) is 0 Å². The molecule has 7 nitrogen and oxygen atoms in total. The third kappa shape index (κ3) is 4.59. The van der Waals surface area contributed by atoms with Crippen LogP contribution in [0.15, 0.2) is 16.0 Å². The van der Waals surface area contributed by atoms with Crippen molar-refractivity contribution < 1.29 is 14.3 Å². The second kappa shape index (κ2) is 8.71. The van der Waals surface area contributed by atoms with E-state index in [1.54, 1.807) is 0 Å². The normalized spacial score (nSPS) is 13.1. The third-order valence-electron chi connectivity index (χ3n) is 4.29. The van der Waals surface area contributed by atoms with Crippen LogP contribution in [0.1, 0.15) is 46.3 Å². The molecule has 3 rings (SSSR count). The number of thioether (sulfide) groups is 1. The van der Waals surface area contributed by atoms with Crippen molar-refractivity contribution >= 4 is 40.0 Å². The standard InChI is InChI=1S/C18H21N3O4S2/c1-3-10-8-13(22)21-18(19-10)26-9-14(23)20-16-15(17(24)25-2)11-6-4-5-7-12(11)27-16/h8H,3-7,9H2,1-2H3,(H,20,23)(H,19,21,22). The van der Waals surface area contributed by atoms with Gasteiger partial charge in [-0.25, -0.2) is 9.78 Å². The number of thiophene rings is 1. The van der Waals surface area contributed by atoms with Crippen molar-refractivity contribution in [3.8, 4) is 0 Å². The first-order valence-electron chi connectivity index (χ1n) is 8.77. The highest BCUT2D eigenvalue weighted by Gasteiger charge is 2.26. The first-order chi connectivity index (χ1) is 13.0. The Bertz CT molecular complexity index is 920. The molecule has 9 heteroatoms. The first kappa shape index (κ1) is 19.6. The van der Waals surface area contributed by atoms with Gasteiger partial charge < -0.3 is 15.0 Å². The Morgan fingerprint density at radius 3 is 2.89 bits per heavy atom. The summed E-state index contributed by atoms with van der Waals surface area (Å²) in [7, 11) is 1.35. The number of ether oxygens (including phenoxy) is 1. The number of nitrogens with one attached hydrogen (secondary N) is 2. The van der Waals surface area contributed by atoms with Crippen molar-refractivity contribution in [2.45, 2.75) is 44.2 Å². The summed E-state index contributed by atoms with van der Waals surface area (Å²) in [5, 5.41) is 3.79. The maximum absolute atomic E-state index is 12.4. The maximum atomic E-state index is 12.4. The predicted octanol–water partition coefficient (Wildman–Crippen LogP) is 2.79. The molecule has 0 radical (unpaired) electrons. The van der Waals surface area contributed by atoms with Crippen LogP contribution < -0.4 is 10.9 Å². The molecule has 0 fully saturated rings. The molecule has 0 spiro atoms. The Balaban J connectivity index is 1.73. The van der Waals surface area contributed by atoms with Crippen LogP contribution in [0.4, 0.5) is 5.00 Å². The van der Waals surface area contributed by atoms with Gasteiger partial charge >= 0.3 is 5.97 Å². The van der Waals surface area contributed by atoms with Crippen molar-refractivity contribution in [2.24, 2.45) is 0 Å². The van der Waals surface area contributed by atoms with Crippen LogP contribution in [0.2, 0.25) is 0 Å². The second-order valence-electron chi connectivity index (χ2n) is 6.14. The van der Waals surface area contributed by atoms with E-state index in [1.807, 2.05) is 6.92 Å². The van der Waals surface area contributed by atoms with Gasteiger partial charge in [0.25, 0.3) is 5.56 Å². The van der Waals surface area contributed by atoms with E-state index in [4.69, 9.17) is 4.74 Å². The van der Waals surface area contributed by atoms with Crippen LogP contribution in [-0.4, -0.2) is 34.7 Å². The van der Waals surface area contributed by atoms with Gasteiger partial charge in [-0.2, -0.15) is 0 Å². The van der Waals surface area contributed by atoms with Crippen molar-refractivity contribution in [3.05, 3.63) is 38.1 Å². The highest BCUT2D eigenvalue weighted by molar-refractivity contribution is 7.99. The lowest BCUT2D eigenvalue weighted by Gasteiger charge is -2.11. The zero-order chi connectivity index (χ0) is 19.4. The lowest BCUT2D eigenvalue weighted by atomic mass is 9.95. The molecule has 0 bridgehead atoms. The molecule has 1 amide bonds. The number of methoxy groups -OCH3 is 1. The van der Waals surface area contributed by atoms with Crippen LogP contribution in [-0.2, 0) is 28.8 Å². The minimum Gasteiger partial charge on any atom is -0.465 e. The van der Waals surface area contributed by atoms with Gasteiger partial charge in [-0.05, 0) is 37.7 Å². The van der Waals surface area contributed by atoms with E-state index in [0.29, 0.717) is 27.8 Å². The molecule has 2 aromatic rings. The molecule has 1 aliphatic rings. The maximum Gasteiger partial charge on any atom is 0.341 e. The number of aryl methyl sites for hydroxylation is 2. The third-order valence-corrected chi connectivity index (χ3v) is 6.37. The van der Waals surface area contributed by atoms with Crippen molar-refractivity contribution in [3.63, 3.8) is 0 Å². The number of rotatable bonds is 6. The number of fused-ring (bicyclic) bond motifs is 1. The minimum atomic E-state index is -0.418. The summed E-state index contributed by atoms with van der Waals surface area (Å²) < 4.78 is 4.91. The largest absolute Gasteiger partial charge is 0.465 e. The summed E-state index contributed by atoms with van der Waals surface area (Å²) >= 11 is 2.60. The van der Waals surface area contributed by atoms with Gasteiger partial charge in [-0.3, -0.25) is 9.59 Å². The molecule has 0 unspecified atom stereocenters. The molecule has 27 heavy (non-hydrogen) atoms. The highest BCUT2D eigenvalue weighted by Crippen LogP contribution is 2.38. The van der Waals surface area contributed by atoms with Gasteiger partial charge in [0, 0.05) is 16.6 Å². The van der Waals surface area contributed by atoms with Gasteiger partial charge in [-0.15, -0.1) is 11.3 Å². The van der Waals surface area contributed by atoms with Crippen molar-refractivity contribution in [2.75, 3.05) is 18.2 Å². The molecule has 0 aliphatic heterocycles. The van der Waals surface area contributed by atoms with Crippen LogP contribution >= 0.6 is 23.1 Å². The van der Waals surface area contributed by atoms with Crippen LogP contribution in [0.25, 0.3) is 0 Å². The number of nitrogens with zero attached hydrogens (tertiary/aromatic N) is 1. The summed E-state index contributed by atoms with van der Waals surface area (Å²) in [6.45, 7) is 1.91. The Morgan fingerprint density at radius 2 is 2.15 bits per heavy atom.